The summed E-state index contributed by atoms with van der Waals surface area (Å²) in [4.78, 5) is 11.3. The molecule has 1 fully saturated rings. The Morgan fingerprint density at radius 1 is 0.941 bits per heavy atom. The van der Waals surface area contributed by atoms with Crippen molar-refractivity contribution < 1.29 is 62.1 Å². The van der Waals surface area contributed by atoms with E-state index in [9.17, 15) is 38.7 Å². The van der Waals surface area contributed by atoms with Crippen molar-refractivity contribution in [2.24, 2.45) is 0 Å². The first-order valence-electron chi connectivity index (χ1n) is 9.45. The summed E-state index contributed by atoms with van der Waals surface area (Å²) in [6, 6.07) is 7.11. The van der Waals surface area contributed by atoms with Crippen LogP contribution in [0.3, 0.4) is 0 Å². The van der Waals surface area contributed by atoms with E-state index in [1.54, 1.807) is 0 Å². The fourth-order valence-electron chi connectivity index (χ4n) is 3.10. The minimum Gasteiger partial charge on any atom is -0.508 e. The number of carboxylic acid groups (broad SMARTS) is 1. The maximum Gasteiger partial charge on any atom is 0.446 e. The van der Waals surface area contributed by atoms with Crippen molar-refractivity contribution in [3.8, 4) is 23.0 Å². The van der Waals surface area contributed by atoms with E-state index in [4.69, 9.17) is 19.1 Å². The molecule has 0 bridgehead atoms. The SMILES string of the molecule is O=C(O)[C@@H]1O[C@H](Oc2cc(O)ccc2/C=C/c2cc(O)cc(OS(=O)(=O)O)c2)[C@H](O)[C@H](O)[C@@H]1O. The molecule has 0 amide bonds. The Morgan fingerprint density at radius 2 is 1.65 bits per heavy atom. The van der Waals surface area contributed by atoms with Gasteiger partial charge in [0.25, 0.3) is 0 Å². The van der Waals surface area contributed by atoms with Crippen LogP contribution in [0.2, 0.25) is 0 Å². The van der Waals surface area contributed by atoms with Gasteiger partial charge >= 0.3 is 16.4 Å². The van der Waals surface area contributed by atoms with E-state index in [-0.39, 0.29) is 34.1 Å². The van der Waals surface area contributed by atoms with Gasteiger partial charge in [0.1, 0.15) is 41.3 Å². The van der Waals surface area contributed by atoms with Crippen LogP contribution in [-0.4, -0.2) is 80.3 Å². The number of hydrogen-bond donors (Lipinski definition) is 7. The van der Waals surface area contributed by atoms with Crippen LogP contribution in [-0.2, 0) is 19.9 Å². The summed E-state index contributed by atoms with van der Waals surface area (Å²) in [6.45, 7) is 0. The number of phenols is 2. The standard InChI is InChI=1S/C20H20O13S/c21-11-4-3-10(2-1-9-5-12(22)7-13(6-9)33-34(28,29)30)14(8-11)31-20-17(25)15(23)16(24)18(32-20)19(26)27/h1-8,15-18,20-25H,(H,26,27)(H,28,29,30)/b2-1+/t15-,16+,17-,18-,20+/m1/s1. The number of hydrogen-bond acceptors (Lipinski definition) is 11. The second kappa shape index (κ2) is 9.84. The third-order valence-corrected chi connectivity index (χ3v) is 5.03. The Labute approximate surface area is 192 Å². The molecule has 0 unspecified atom stereocenters. The smallest absolute Gasteiger partial charge is 0.446 e. The highest BCUT2D eigenvalue weighted by Gasteiger charge is 2.48. The van der Waals surface area contributed by atoms with E-state index in [1.165, 1.54) is 36.4 Å². The van der Waals surface area contributed by atoms with E-state index >= 15 is 0 Å². The van der Waals surface area contributed by atoms with Crippen molar-refractivity contribution in [2.45, 2.75) is 30.7 Å². The third-order valence-electron chi connectivity index (χ3n) is 4.62. The van der Waals surface area contributed by atoms with Gasteiger partial charge in [-0.15, -0.1) is 0 Å². The number of ether oxygens (including phenoxy) is 2. The average Bonchev–Trinajstić information content (AvgIpc) is 2.71. The van der Waals surface area contributed by atoms with Crippen molar-refractivity contribution in [3.63, 3.8) is 0 Å². The lowest BCUT2D eigenvalue weighted by Crippen LogP contribution is -2.61. The topological polar surface area (TPSA) is 221 Å². The Balaban J connectivity index is 1.89. The lowest BCUT2D eigenvalue weighted by atomic mass is 9.99. The summed E-state index contributed by atoms with van der Waals surface area (Å²) in [5.74, 6) is -2.75. The lowest BCUT2D eigenvalue weighted by molar-refractivity contribution is -0.271. The van der Waals surface area contributed by atoms with Crippen LogP contribution < -0.4 is 8.92 Å². The minimum absolute atomic E-state index is 0.123. The highest BCUT2D eigenvalue weighted by Crippen LogP contribution is 2.31. The summed E-state index contributed by atoms with van der Waals surface area (Å²) in [7, 11) is -4.83. The van der Waals surface area contributed by atoms with Gasteiger partial charge in [-0.05, 0) is 29.8 Å². The monoisotopic (exact) mass is 500 g/mol. The second-order valence-electron chi connectivity index (χ2n) is 7.18. The first-order valence-corrected chi connectivity index (χ1v) is 10.8. The van der Waals surface area contributed by atoms with Crippen LogP contribution >= 0.6 is 0 Å². The molecule has 13 nitrogen and oxygen atoms in total. The fourth-order valence-corrected chi connectivity index (χ4v) is 3.43. The molecule has 2 aromatic rings. The minimum atomic E-state index is -4.83. The summed E-state index contributed by atoms with van der Waals surface area (Å²) in [6.07, 6.45) is -6.53. The van der Waals surface area contributed by atoms with Gasteiger partial charge in [-0.2, -0.15) is 8.42 Å². The number of benzene rings is 2. The molecule has 14 heteroatoms. The van der Waals surface area contributed by atoms with Crippen LogP contribution in [0.4, 0.5) is 0 Å². The Kier molecular flexibility index (Phi) is 7.30. The zero-order valence-electron chi connectivity index (χ0n) is 17.0. The number of aliphatic hydroxyl groups excluding tert-OH is 3. The summed E-state index contributed by atoms with van der Waals surface area (Å²) < 4.78 is 45.4. The van der Waals surface area contributed by atoms with Crippen LogP contribution in [0.5, 0.6) is 23.0 Å². The summed E-state index contributed by atoms with van der Waals surface area (Å²) >= 11 is 0. The van der Waals surface area contributed by atoms with E-state index in [2.05, 4.69) is 4.18 Å². The number of rotatable bonds is 7. The molecule has 1 aliphatic rings. The number of carbonyl (C=O) groups is 1. The molecule has 34 heavy (non-hydrogen) atoms. The number of aromatic hydroxyl groups is 2. The van der Waals surface area contributed by atoms with E-state index in [0.29, 0.717) is 0 Å². The zero-order valence-corrected chi connectivity index (χ0v) is 17.8. The van der Waals surface area contributed by atoms with Crippen molar-refractivity contribution in [1.82, 2.24) is 0 Å². The molecular weight excluding hydrogens is 480 g/mol. The van der Waals surface area contributed by atoms with Crippen molar-refractivity contribution in [3.05, 3.63) is 47.5 Å². The van der Waals surface area contributed by atoms with E-state index in [0.717, 1.165) is 12.1 Å². The number of phenolic OH excluding ortho intramolecular Hbond substituents is 2. The third kappa shape index (κ3) is 6.13. The molecule has 2 aromatic carbocycles. The van der Waals surface area contributed by atoms with Crippen molar-refractivity contribution in [2.75, 3.05) is 0 Å². The van der Waals surface area contributed by atoms with Crippen molar-refractivity contribution in [1.29, 1.82) is 0 Å². The predicted molar refractivity (Wildman–Crippen MR) is 112 cm³/mol. The Morgan fingerprint density at radius 3 is 2.29 bits per heavy atom. The average molecular weight is 500 g/mol. The molecule has 0 spiro atoms. The predicted octanol–water partition coefficient (Wildman–Crippen LogP) is -0.279. The van der Waals surface area contributed by atoms with E-state index in [1.807, 2.05) is 0 Å². The molecular formula is C20H20O13S. The largest absolute Gasteiger partial charge is 0.508 e. The van der Waals surface area contributed by atoms with Gasteiger partial charge in [0, 0.05) is 17.7 Å². The highest BCUT2D eigenvalue weighted by molar-refractivity contribution is 7.81. The maximum atomic E-state index is 11.3. The maximum absolute atomic E-state index is 11.3. The van der Waals surface area contributed by atoms with Gasteiger partial charge in [-0.3, -0.25) is 4.55 Å². The van der Waals surface area contributed by atoms with Gasteiger partial charge in [0.15, 0.2) is 6.10 Å². The molecule has 0 radical (unpaired) electrons. The molecule has 7 N–H and O–H groups in total. The molecule has 0 aliphatic carbocycles. The van der Waals surface area contributed by atoms with Crippen LogP contribution in [0.15, 0.2) is 36.4 Å². The number of carboxylic acids is 1. The summed E-state index contributed by atoms with van der Waals surface area (Å²) in [5.41, 5.74) is 0.456. The molecule has 5 atom stereocenters. The molecule has 1 heterocycles. The zero-order chi connectivity index (χ0) is 25.2. The molecule has 1 aliphatic heterocycles. The first-order chi connectivity index (χ1) is 15.8. The summed E-state index contributed by atoms with van der Waals surface area (Å²) in [5, 5.41) is 58.6. The van der Waals surface area contributed by atoms with E-state index < -0.39 is 47.1 Å². The van der Waals surface area contributed by atoms with Gasteiger partial charge in [0.2, 0.25) is 6.29 Å². The van der Waals surface area contributed by atoms with Gasteiger partial charge in [0.05, 0.1) is 0 Å². The Bertz CT molecular complexity index is 1190. The lowest BCUT2D eigenvalue weighted by Gasteiger charge is -2.38. The van der Waals surface area contributed by atoms with Crippen LogP contribution in [0, 0.1) is 0 Å². The first kappa shape index (κ1) is 25.2. The van der Waals surface area contributed by atoms with Crippen LogP contribution in [0.1, 0.15) is 11.1 Å². The molecule has 184 valence electrons. The Hall–Kier alpha value is -3.40. The fraction of sp³-hybridized carbons (Fsp3) is 0.250. The second-order valence-corrected chi connectivity index (χ2v) is 8.20. The number of aliphatic hydroxyl groups is 3. The molecule has 3 rings (SSSR count). The van der Waals surface area contributed by atoms with Gasteiger partial charge in [-0.1, -0.05) is 12.2 Å². The quantitative estimate of drug-likeness (QED) is 0.192. The highest BCUT2D eigenvalue weighted by atomic mass is 32.3. The number of aliphatic carboxylic acids is 1. The molecule has 0 aromatic heterocycles. The van der Waals surface area contributed by atoms with Crippen molar-refractivity contribution >= 4 is 28.5 Å². The molecule has 1 saturated heterocycles. The van der Waals surface area contributed by atoms with Gasteiger partial charge in [-0.25, -0.2) is 4.79 Å². The van der Waals surface area contributed by atoms with Gasteiger partial charge < -0.3 is 44.3 Å². The van der Waals surface area contributed by atoms with Crippen LogP contribution in [0.25, 0.3) is 12.2 Å². The molecule has 0 saturated carbocycles. The normalized spacial score (nSPS) is 25.2.